The van der Waals surface area contributed by atoms with Crippen molar-refractivity contribution in [1.82, 2.24) is 5.32 Å². The molecule has 0 fully saturated rings. The van der Waals surface area contributed by atoms with Crippen molar-refractivity contribution in [3.8, 4) is 0 Å². The molecule has 2 N–H and O–H groups in total. The molecule has 2 amide bonds. The fourth-order valence-corrected chi connectivity index (χ4v) is 0.265. The van der Waals surface area contributed by atoms with E-state index in [2.05, 4.69) is 15.2 Å². The van der Waals surface area contributed by atoms with Crippen molar-refractivity contribution in [1.29, 1.82) is 0 Å². The van der Waals surface area contributed by atoms with Gasteiger partial charge < -0.3 is 5.11 Å². The molecular formula is C5H9N3O4. The summed E-state index contributed by atoms with van der Waals surface area (Å²) in [6.45, 7) is 3.45. The van der Waals surface area contributed by atoms with Crippen LogP contribution in [-0.4, -0.2) is 23.3 Å². The van der Waals surface area contributed by atoms with Gasteiger partial charge in [-0.2, -0.15) is 5.11 Å². The summed E-state index contributed by atoms with van der Waals surface area (Å²) in [4.78, 5) is 24.2. The minimum absolute atomic E-state index is 0.109. The summed E-state index contributed by atoms with van der Waals surface area (Å²) in [6, 6.07) is -0.109. The summed E-state index contributed by atoms with van der Waals surface area (Å²) in [7, 11) is 0. The molecule has 7 nitrogen and oxygen atoms in total. The Balaban J connectivity index is 3.64. The highest BCUT2D eigenvalue weighted by atomic mass is 16.7. The van der Waals surface area contributed by atoms with Crippen LogP contribution in [0.1, 0.15) is 13.8 Å². The second kappa shape index (κ2) is 5.05. The Kier molecular flexibility index (Phi) is 4.35. The maximum absolute atomic E-state index is 10.4. The summed E-state index contributed by atoms with van der Waals surface area (Å²) in [5, 5.41) is 15.8. The molecule has 0 atom stereocenters. The van der Waals surface area contributed by atoms with E-state index >= 15 is 0 Å². The molecule has 0 aliphatic heterocycles. The monoisotopic (exact) mass is 175 g/mol. The van der Waals surface area contributed by atoms with Gasteiger partial charge in [0.15, 0.2) is 0 Å². The number of carbonyl (C=O) groups is 2. The SMILES string of the molecule is CC(C)N=NOC(=O)NC(=O)O. The number of carbonyl (C=O) groups excluding carboxylic acids is 1. The number of carboxylic acid groups (broad SMARTS) is 1. The highest BCUT2D eigenvalue weighted by Gasteiger charge is 2.05. The predicted octanol–water partition coefficient (Wildman–Crippen LogP) is 1.17. The van der Waals surface area contributed by atoms with Gasteiger partial charge in [-0.15, -0.1) is 0 Å². The zero-order chi connectivity index (χ0) is 9.56. The van der Waals surface area contributed by atoms with Gasteiger partial charge >= 0.3 is 12.2 Å². The van der Waals surface area contributed by atoms with E-state index in [-0.39, 0.29) is 6.04 Å². The average molecular weight is 175 g/mol. The van der Waals surface area contributed by atoms with Crippen LogP contribution in [0.15, 0.2) is 10.4 Å². The van der Waals surface area contributed by atoms with Crippen molar-refractivity contribution >= 4 is 12.2 Å². The third-order valence-corrected chi connectivity index (χ3v) is 0.611. The Morgan fingerprint density at radius 3 is 2.50 bits per heavy atom. The van der Waals surface area contributed by atoms with Crippen LogP contribution >= 0.6 is 0 Å². The topological polar surface area (TPSA) is 100 Å². The average Bonchev–Trinajstić information content (AvgIpc) is 1.84. The second-order valence-corrected chi connectivity index (χ2v) is 2.10. The molecule has 7 heteroatoms. The quantitative estimate of drug-likeness (QED) is 0.485. The van der Waals surface area contributed by atoms with E-state index < -0.39 is 12.2 Å². The third-order valence-electron chi connectivity index (χ3n) is 0.611. The fourth-order valence-electron chi connectivity index (χ4n) is 0.265. The van der Waals surface area contributed by atoms with E-state index in [1.807, 2.05) is 0 Å². The highest BCUT2D eigenvalue weighted by molar-refractivity contribution is 5.86. The largest absolute Gasteiger partial charge is 0.465 e. The van der Waals surface area contributed by atoms with Gasteiger partial charge in [0.05, 0.1) is 6.04 Å². The van der Waals surface area contributed by atoms with Crippen molar-refractivity contribution in [2.24, 2.45) is 10.4 Å². The van der Waals surface area contributed by atoms with Gasteiger partial charge in [0.1, 0.15) is 0 Å². The lowest BCUT2D eigenvalue weighted by Gasteiger charge is -1.94. The van der Waals surface area contributed by atoms with Crippen LogP contribution in [0.2, 0.25) is 0 Å². The van der Waals surface area contributed by atoms with E-state index in [0.29, 0.717) is 0 Å². The molecule has 0 unspecified atom stereocenters. The van der Waals surface area contributed by atoms with Crippen LogP contribution in [0.4, 0.5) is 9.59 Å². The Hall–Kier alpha value is -1.66. The third kappa shape index (κ3) is 6.46. The first-order chi connectivity index (χ1) is 5.52. The first-order valence-electron chi connectivity index (χ1n) is 3.13. The molecular weight excluding hydrogens is 166 g/mol. The molecule has 0 heterocycles. The summed E-state index contributed by atoms with van der Waals surface area (Å²) < 4.78 is 0. The number of nitrogens with one attached hydrogen (secondary N) is 1. The molecule has 68 valence electrons. The van der Waals surface area contributed by atoms with E-state index in [0.717, 1.165) is 0 Å². The van der Waals surface area contributed by atoms with Gasteiger partial charge in [-0.25, -0.2) is 14.9 Å². The van der Waals surface area contributed by atoms with E-state index in [4.69, 9.17) is 5.11 Å². The normalized spacial score (nSPS) is 10.2. The van der Waals surface area contributed by atoms with Crippen LogP contribution in [-0.2, 0) is 4.84 Å². The van der Waals surface area contributed by atoms with Crippen molar-refractivity contribution in [3.63, 3.8) is 0 Å². The van der Waals surface area contributed by atoms with Gasteiger partial charge in [-0.3, -0.25) is 4.84 Å². The number of nitrogens with zero attached hydrogens (tertiary/aromatic N) is 2. The molecule has 0 aromatic carbocycles. The lowest BCUT2D eigenvalue weighted by Crippen LogP contribution is -2.27. The zero-order valence-electron chi connectivity index (χ0n) is 6.64. The molecule has 0 aliphatic rings. The molecule has 0 saturated heterocycles. The maximum Gasteiger partial charge on any atom is 0.444 e. The first kappa shape index (κ1) is 10.3. The van der Waals surface area contributed by atoms with Crippen LogP contribution < -0.4 is 5.32 Å². The molecule has 0 spiro atoms. The molecule has 0 bridgehead atoms. The lowest BCUT2D eigenvalue weighted by atomic mass is 10.4. The maximum atomic E-state index is 10.4. The minimum Gasteiger partial charge on any atom is -0.465 e. The lowest BCUT2D eigenvalue weighted by molar-refractivity contribution is 0.134. The van der Waals surface area contributed by atoms with Crippen LogP contribution in [0.25, 0.3) is 0 Å². The van der Waals surface area contributed by atoms with Crippen molar-refractivity contribution < 1.29 is 19.5 Å². The van der Waals surface area contributed by atoms with Crippen molar-refractivity contribution in [3.05, 3.63) is 0 Å². The number of amides is 2. The minimum atomic E-state index is -1.50. The number of hydrogen-bond donors (Lipinski definition) is 2. The molecule has 0 aromatic heterocycles. The molecule has 0 rings (SSSR count). The smallest absolute Gasteiger partial charge is 0.444 e. The van der Waals surface area contributed by atoms with Gasteiger partial charge in [0, 0.05) is 5.28 Å². The molecule has 0 saturated carbocycles. The molecule has 0 aromatic rings. The van der Waals surface area contributed by atoms with Gasteiger partial charge in [0.25, 0.3) is 0 Å². The summed E-state index contributed by atoms with van der Waals surface area (Å²) in [5.41, 5.74) is 0. The molecule has 0 radical (unpaired) electrons. The summed E-state index contributed by atoms with van der Waals surface area (Å²) in [6.07, 6.45) is -2.67. The highest BCUT2D eigenvalue weighted by Crippen LogP contribution is 1.88. The van der Waals surface area contributed by atoms with E-state index in [1.54, 1.807) is 13.8 Å². The van der Waals surface area contributed by atoms with Crippen LogP contribution in [0.3, 0.4) is 0 Å². The zero-order valence-corrected chi connectivity index (χ0v) is 6.64. The Labute approximate surface area is 68.4 Å². The molecule has 12 heavy (non-hydrogen) atoms. The van der Waals surface area contributed by atoms with Crippen molar-refractivity contribution in [2.45, 2.75) is 19.9 Å². The summed E-state index contributed by atoms with van der Waals surface area (Å²) >= 11 is 0. The van der Waals surface area contributed by atoms with Crippen LogP contribution in [0.5, 0.6) is 0 Å². The number of imide groups is 1. The number of hydrogen-bond acceptors (Lipinski definition) is 5. The number of rotatable bonds is 2. The second-order valence-electron chi connectivity index (χ2n) is 2.10. The predicted molar refractivity (Wildman–Crippen MR) is 37.6 cm³/mol. The Morgan fingerprint density at radius 2 is 2.08 bits per heavy atom. The van der Waals surface area contributed by atoms with Gasteiger partial charge in [0.2, 0.25) is 0 Å². The standard InChI is InChI=1S/C5H9N3O4/c1-3(2)7-8-12-5(11)6-4(9)10/h3H,1-2H3,(H,6,11)(H,9,10). The summed E-state index contributed by atoms with van der Waals surface area (Å²) in [5.74, 6) is 0. The van der Waals surface area contributed by atoms with Crippen LogP contribution in [0, 0.1) is 0 Å². The Morgan fingerprint density at radius 1 is 1.50 bits per heavy atom. The first-order valence-corrected chi connectivity index (χ1v) is 3.13. The van der Waals surface area contributed by atoms with Gasteiger partial charge in [-0.05, 0) is 13.8 Å². The van der Waals surface area contributed by atoms with Gasteiger partial charge in [-0.1, -0.05) is 0 Å². The molecule has 0 aliphatic carbocycles. The van der Waals surface area contributed by atoms with E-state index in [1.165, 1.54) is 5.32 Å². The van der Waals surface area contributed by atoms with Crippen molar-refractivity contribution in [2.75, 3.05) is 0 Å². The Bertz CT molecular complexity index is 201. The van der Waals surface area contributed by atoms with E-state index in [9.17, 15) is 9.59 Å². The fraction of sp³-hybridized carbons (Fsp3) is 0.600.